The van der Waals surface area contributed by atoms with E-state index in [4.69, 9.17) is 10.8 Å². The lowest BCUT2D eigenvalue weighted by atomic mass is 9.89. The molecule has 0 spiro atoms. The monoisotopic (exact) mass is 159 g/mol. The van der Waals surface area contributed by atoms with Gasteiger partial charge in [0.1, 0.15) is 6.04 Å². The maximum absolute atomic E-state index is 10.3. The first kappa shape index (κ1) is 10.4. The lowest BCUT2D eigenvalue weighted by Crippen LogP contribution is -2.31. The highest BCUT2D eigenvalue weighted by atomic mass is 16.4. The number of hydrogen-bond acceptors (Lipinski definition) is 2. The van der Waals surface area contributed by atoms with Gasteiger partial charge >= 0.3 is 5.97 Å². The smallest absolute Gasteiger partial charge is 0.320 e. The molecule has 0 aliphatic carbocycles. The Kier molecular flexibility index (Phi) is 3.52. The van der Waals surface area contributed by atoms with E-state index < -0.39 is 12.0 Å². The van der Waals surface area contributed by atoms with Crippen LogP contribution < -0.4 is 5.73 Å². The molecule has 0 fully saturated rings. The first-order valence-corrected chi connectivity index (χ1v) is 3.81. The van der Waals surface area contributed by atoms with Crippen LogP contribution in [-0.2, 0) is 4.79 Å². The largest absolute Gasteiger partial charge is 0.480 e. The predicted octanol–water partition coefficient (Wildman–Crippen LogP) is 1.22. The van der Waals surface area contributed by atoms with Gasteiger partial charge in [0.2, 0.25) is 0 Å². The second-order valence-corrected chi connectivity index (χ2v) is 4.04. The molecule has 66 valence electrons. The predicted molar refractivity (Wildman–Crippen MR) is 44.3 cm³/mol. The van der Waals surface area contributed by atoms with Gasteiger partial charge < -0.3 is 10.8 Å². The van der Waals surface area contributed by atoms with E-state index in [1.807, 2.05) is 0 Å². The number of carboxylic acid groups (broad SMARTS) is 1. The molecule has 0 aromatic rings. The second kappa shape index (κ2) is 3.72. The summed E-state index contributed by atoms with van der Waals surface area (Å²) in [6.45, 7) is 6.21. The van der Waals surface area contributed by atoms with Gasteiger partial charge in [0, 0.05) is 0 Å². The number of carboxylic acids is 1. The standard InChI is InChI=1S/C8H17NO2/c1-8(2,3)5-4-6(9)7(10)11/h6H,4-5,9H2,1-3H3,(H,10,11)/t6-/m0/s1. The van der Waals surface area contributed by atoms with Crippen molar-refractivity contribution in [2.24, 2.45) is 11.1 Å². The Balaban J connectivity index is 3.63. The molecule has 0 bridgehead atoms. The Bertz CT molecular complexity index is 138. The van der Waals surface area contributed by atoms with Gasteiger partial charge in [0.05, 0.1) is 0 Å². The zero-order chi connectivity index (χ0) is 9.07. The first-order chi connectivity index (χ1) is 4.83. The third-order valence-electron chi connectivity index (χ3n) is 1.52. The van der Waals surface area contributed by atoms with E-state index in [1.54, 1.807) is 0 Å². The Morgan fingerprint density at radius 1 is 1.55 bits per heavy atom. The number of carbonyl (C=O) groups is 1. The molecule has 0 saturated heterocycles. The van der Waals surface area contributed by atoms with Crippen molar-refractivity contribution in [3.63, 3.8) is 0 Å². The molecule has 0 amide bonds. The number of nitrogens with two attached hydrogens (primary N) is 1. The van der Waals surface area contributed by atoms with Crippen LogP contribution in [0.3, 0.4) is 0 Å². The zero-order valence-corrected chi connectivity index (χ0v) is 7.42. The molecule has 0 rings (SSSR count). The summed E-state index contributed by atoms with van der Waals surface area (Å²) in [5.41, 5.74) is 5.50. The van der Waals surface area contributed by atoms with E-state index in [2.05, 4.69) is 20.8 Å². The van der Waals surface area contributed by atoms with Crippen LogP contribution in [-0.4, -0.2) is 17.1 Å². The van der Waals surface area contributed by atoms with Crippen molar-refractivity contribution < 1.29 is 9.90 Å². The van der Waals surface area contributed by atoms with Crippen LogP contribution in [0.1, 0.15) is 33.6 Å². The summed E-state index contributed by atoms with van der Waals surface area (Å²) in [6.07, 6.45) is 1.40. The molecular formula is C8H17NO2. The fraction of sp³-hybridized carbons (Fsp3) is 0.875. The molecule has 3 N–H and O–H groups in total. The van der Waals surface area contributed by atoms with E-state index in [-0.39, 0.29) is 5.41 Å². The van der Waals surface area contributed by atoms with Crippen molar-refractivity contribution in [3.8, 4) is 0 Å². The van der Waals surface area contributed by atoms with Gasteiger partial charge in [-0.15, -0.1) is 0 Å². The van der Waals surface area contributed by atoms with Gasteiger partial charge in [-0.3, -0.25) is 4.79 Å². The van der Waals surface area contributed by atoms with Crippen LogP contribution in [0.2, 0.25) is 0 Å². The maximum atomic E-state index is 10.3. The van der Waals surface area contributed by atoms with Crippen molar-refractivity contribution in [1.82, 2.24) is 0 Å². The van der Waals surface area contributed by atoms with Crippen molar-refractivity contribution in [3.05, 3.63) is 0 Å². The molecule has 0 radical (unpaired) electrons. The summed E-state index contributed by atoms with van der Waals surface area (Å²) < 4.78 is 0. The summed E-state index contributed by atoms with van der Waals surface area (Å²) in [5, 5.41) is 8.45. The highest BCUT2D eigenvalue weighted by Gasteiger charge is 2.16. The van der Waals surface area contributed by atoms with Gasteiger partial charge in [-0.25, -0.2) is 0 Å². The summed E-state index contributed by atoms with van der Waals surface area (Å²) in [4.78, 5) is 10.3. The molecule has 11 heavy (non-hydrogen) atoms. The summed E-state index contributed by atoms with van der Waals surface area (Å²) >= 11 is 0. The van der Waals surface area contributed by atoms with E-state index in [0.29, 0.717) is 6.42 Å². The van der Waals surface area contributed by atoms with Crippen molar-refractivity contribution in [2.75, 3.05) is 0 Å². The zero-order valence-electron chi connectivity index (χ0n) is 7.42. The molecule has 0 aliphatic heterocycles. The number of hydrogen-bond donors (Lipinski definition) is 2. The van der Waals surface area contributed by atoms with Crippen LogP contribution in [0.15, 0.2) is 0 Å². The van der Waals surface area contributed by atoms with Crippen LogP contribution in [0.25, 0.3) is 0 Å². The summed E-state index contributed by atoms with van der Waals surface area (Å²) in [5.74, 6) is -0.908. The molecule has 0 unspecified atom stereocenters. The van der Waals surface area contributed by atoms with Gasteiger partial charge in [0.25, 0.3) is 0 Å². The van der Waals surface area contributed by atoms with E-state index in [9.17, 15) is 4.79 Å². The topological polar surface area (TPSA) is 63.3 Å². The van der Waals surface area contributed by atoms with Crippen molar-refractivity contribution in [2.45, 2.75) is 39.7 Å². The first-order valence-electron chi connectivity index (χ1n) is 3.81. The van der Waals surface area contributed by atoms with Crippen molar-refractivity contribution in [1.29, 1.82) is 0 Å². The Morgan fingerprint density at radius 3 is 2.27 bits per heavy atom. The van der Waals surface area contributed by atoms with Crippen LogP contribution in [0.4, 0.5) is 0 Å². The number of rotatable bonds is 3. The van der Waals surface area contributed by atoms with Gasteiger partial charge in [-0.05, 0) is 18.3 Å². The average Bonchev–Trinajstić information content (AvgIpc) is 1.80. The average molecular weight is 159 g/mol. The minimum Gasteiger partial charge on any atom is -0.480 e. The lowest BCUT2D eigenvalue weighted by molar-refractivity contribution is -0.138. The van der Waals surface area contributed by atoms with E-state index >= 15 is 0 Å². The molecule has 3 nitrogen and oxygen atoms in total. The molecule has 3 heteroatoms. The molecule has 0 saturated carbocycles. The van der Waals surface area contributed by atoms with E-state index in [0.717, 1.165) is 6.42 Å². The Morgan fingerprint density at radius 2 is 2.00 bits per heavy atom. The Labute approximate surface area is 67.6 Å². The minimum absolute atomic E-state index is 0.174. The normalized spacial score (nSPS) is 14.5. The summed E-state index contributed by atoms with van der Waals surface area (Å²) in [6, 6.07) is -0.700. The molecule has 0 aliphatic rings. The summed E-state index contributed by atoms with van der Waals surface area (Å²) in [7, 11) is 0. The molecular weight excluding hydrogens is 142 g/mol. The maximum Gasteiger partial charge on any atom is 0.320 e. The Hall–Kier alpha value is -0.570. The van der Waals surface area contributed by atoms with Crippen LogP contribution in [0, 0.1) is 5.41 Å². The molecule has 0 heterocycles. The fourth-order valence-corrected chi connectivity index (χ4v) is 0.712. The third kappa shape index (κ3) is 5.85. The van der Waals surface area contributed by atoms with E-state index in [1.165, 1.54) is 0 Å². The highest BCUT2D eigenvalue weighted by Crippen LogP contribution is 2.20. The van der Waals surface area contributed by atoms with Crippen molar-refractivity contribution >= 4 is 5.97 Å². The third-order valence-corrected chi connectivity index (χ3v) is 1.52. The number of aliphatic carboxylic acids is 1. The van der Waals surface area contributed by atoms with Crippen LogP contribution in [0.5, 0.6) is 0 Å². The second-order valence-electron chi connectivity index (χ2n) is 4.04. The van der Waals surface area contributed by atoms with Gasteiger partial charge in [-0.1, -0.05) is 20.8 Å². The molecule has 0 aromatic heterocycles. The van der Waals surface area contributed by atoms with Gasteiger partial charge in [-0.2, -0.15) is 0 Å². The highest BCUT2D eigenvalue weighted by molar-refractivity contribution is 5.72. The van der Waals surface area contributed by atoms with Gasteiger partial charge in [0.15, 0.2) is 0 Å². The lowest BCUT2D eigenvalue weighted by Gasteiger charge is -2.18. The minimum atomic E-state index is -0.908. The SMILES string of the molecule is CC(C)(C)CC[C@H](N)C(=O)O. The molecule has 1 atom stereocenters. The quantitative estimate of drug-likeness (QED) is 0.651. The molecule has 0 aromatic carbocycles. The fourth-order valence-electron chi connectivity index (χ4n) is 0.712. The van der Waals surface area contributed by atoms with Crippen LogP contribution >= 0.6 is 0 Å².